The number of carbonyl (C=O) groups excluding carboxylic acids is 2. The van der Waals surface area contributed by atoms with E-state index in [1.165, 1.54) is 18.2 Å². The molecule has 0 fully saturated rings. The van der Waals surface area contributed by atoms with Crippen molar-refractivity contribution < 1.29 is 18.7 Å². The van der Waals surface area contributed by atoms with Crippen LogP contribution >= 0.6 is 0 Å². The van der Waals surface area contributed by atoms with Gasteiger partial charge in [0.25, 0.3) is 11.8 Å². The van der Waals surface area contributed by atoms with E-state index < -0.39 is 11.7 Å². The van der Waals surface area contributed by atoms with Gasteiger partial charge in [-0.3, -0.25) is 9.59 Å². The molecule has 0 aliphatic carbocycles. The number of hydrogen-bond acceptors (Lipinski definition) is 3. The Labute approximate surface area is 133 Å². The van der Waals surface area contributed by atoms with Crippen molar-refractivity contribution in [2.45, 2.75) is 6.92 Å². The van der Waals surface area contributed by atoms with Gasteiger partial charge in [-0.05, 0) is 31.2 Å². The zero-order valence-electron chi connectivity index (χ0n) is 12.6. The van der Waals surface area contributed by atoms with E-state index in [-0.39, 0.29) is 18.2 Å². The Hall–Kier alpha value is -2.89. The molecule has 2 aromatic rings. The lowest BCUT2D eigenvalue weighted by molar-refractivity contribution is -0.118. The summed E-state index contributed by atoms with van der Waals surface area (Å²) in [5.41, 5.74) is 0.422. The zero-order valence-corrected chi connectivity index (χ0v) is 12.6. The van der Waals surface area contributed by atoms with E-state index in [4.69, 9.17) is 4.74 Å². The lowest BCUT2D eigenvalue weighted by Crippen LogP contribution is -2.25. The largest absolute Gasteiger partial charge is 0.483 e. The molecule has 120 valence electrons. The van der Waals surface area contributed by atoms with Gasteiger partial charge in [-0.2, -0.15) is 0 Å². The molecule has 0 aromatic heterocycles. The number of rotatable bonds is 6. The molecule has 23 heavy (non-hydrogen) atoms. The summed E-state index contributed by atoms with van der Waals surface area (Å²) in [6, 6.07) is 12.5. The normalized spacial score (nSPS) is 10.0. The van der Waals surface area contributed by atoms with Gasteiger partial charge in [-0.25, -0.2) is 4.39 Å². The maximum absolute atomic E-state index is 13.5. The molecule has 0 unspecified atom stereocenters. The second kappa shape index (κ2) is 7.93. The molecule has 0 saturated heterocycles. The van der Waals surface area contributed by atoms with Crippen molar-refractivity contribution in [3.8, 4) is 5.75 Å². The minimum Gasteiger partial charge on any atom is -0.483 e. The van der Waals surface area contributed by atoms with Crippen LogP contribution in [0.2, 0.25) is 0 Å². The van der Waals surface area contributed by atoms with E-state index in [2.05, 4.69) is 10.6 Å². The average molecular weight is 316 g/mol. The van der Waals surface area contributed by atoms with Crippen LogP contribution in [0.25, 0.3) is 0 Å². The first-order chi connectivity index (χ1) is 11.1. The molecule has 2 rings (SSSR count). The van der Waals surface area contributed by atoms with Crippen LogP contribution in [0.4, 0.5) is 10.1 Å². The molecule has 0 atom stereocenters. The summed E-state index contributed by atoms with van der Waals surface area (Å²) >= 11 is 0. The van der Waals surface area contributed by atoms with Crippen LogP contribution in [0.1, 0.15) is 17.3 Å². The minimum absolute atomic E-state index is 0.0816. The summed E-state index contributed by atoms with van der Waals surface area (Å²) in [4.78, 5) is 23.7. The Kier molecular flexibility index (Phi) is 5.68. The van der Waals surface area contributed by atoms with Crippen molar-refractivity contribution in [2.24, 2.45) is 0 Å². The molecule has 0 spiro atoms. The highest BCUT2D eigenvalue weighted by Crippen LogP contribution is 2.18. The quantitative estimate of drug-likeness (QED) is 0.861. The average Bonchev–Trinajstić information content (AvgIpc) is 2.55. The van der Waals surface area contributed by atoms with Gasteiger partial charge in [0, 0.05) is 6.54 Å². The van der Waals surface area contributed by atoms with Crippen molar-refractivity contribution in [3.63, 3.8) is 0 Å². The van der Waals surface area contributed by atoms with Gasteiger partial charge in [0.05, 0.1) is 11.3 Å². The van der Waals surface area contributed by atoms with Crippen molar-refractivity contribution >= 4 is 17.5 Å². The number of halogens is 1. The van der Waals surface area contributed by atoms with Gasteiger partial charge in [0.15, 0.2) is 6.61 Å². The third kappa shape index (κ3) is 4.54. The molecule has 5 nitrogen and oxygen atoms in total. The third-order valence-electron chi connectivity index (χ3n) is 2.98. The summed E-state index contributed by atoms with van der Waals surface area (Å²) in [6.07, 6.45) is 0. The van der Waals surface area contributed by atoms with Crippen LogP contribution in [-0.2, 0) is 4.79 Å². The summed E-state index contributed by atoms with van der Waals surface area (Å²) in [5, 5.41) is 5.08. The number of anilines is 1. The molecular weight excluding hydrogens is 299 g/mol. The van der Waals surface area contributed by atoms with E-state index in [0.29, 0.717) is 17.9 Å². The third-order valence-corrected chi connectivity index (χ3v) is 2.98. The molecule has 0 bridgehead atoms. The Morgan fingerprint density at radius 1 is 1.09 bits per heavy atom. The Morgan fingerprint density at radius 2 is 1.78 bits per heavy atom. The van der Waals surface area contributed by atoms with Gasteiger partial charge in [0.2, 0.25) is 0 Å². The minimum atomic E-state index is -0.524. The van der Waals surface area contributed by atoms with Crippen LogP contribution in [0, 0.1) is 5.82 Å². The number of para-hydroxylation sites is 2. The smallest absolute Gasteiger partial charge is 0.262 e. The number of amides is 2. The van der Waals surface area contributed by atoms with E-state index in [9.17, 15) is 14.0 Å². The summed E-state index contributed by atoms with van der Waals surface area (Å²) in [5.74, 6) is -1.02. The summed E-state index contributed by atoms with van der Waals surface area (Å²) < 4.78 is 18.8. The fourth-order valence-electron chi connectivity index (χ4n) is 1.93. The SMILES string of the molecule is CCNC(=O)c1ccccc1OCC(=O)Nc1ccccc1F. The number of nitrogens with one attached hydrogen (secondary N) is 2. The molecule has 0 saturated carbocycles. The highest BCUT2D eigenvalue weighted by molar-refractivity contribution is 5.97. The van der Waals surface area contributed by atoms with Crippen LogP contribution in [0.5, 0.6) is 5.75 Å². The molecule has 2 N–H and O–H groups in total. The molecule has 2 aromatic carbocycles. The molecule has 2 amide bonds. The van der Waals surface area contributed by atoms with Crippen molar-refractivity contribution in [2.75, 3.05) is 18.5 Å². The number of ether oxygens (including phenoxy) is 1. The summed E-state index contributed by atoms with van der Waals surface area (Å²) in [6.45, 7) is 1.97. The first-order valence-corrected chi connectivity index (χ1v) is 7.16. The second-order valence-electron chi connectivity index (χ2n) is 4.67. The molecule has 6 heteroatoms. The van der Waals surface area contributed by atoms with Crippen LogP contribution < -0.4 is 15.4 Å². The van der Waals surface area contributed by atoms with E-state index in [0.717, 1.165) is 0 Å². The highest BCUT2D eigenvalue weighted by atomic mass is 19.1. The lowest BCUT2D eigenvalue weighted by Gasteiger charge is -2.11. The molecule has 0 aliphatic heterocycles. The van der Waals surface area contributed by atoms with E-state index >= 15 is 0 Å². The Balaban J connectivity index is 1.99. The number of benzene rings is 2. The number of hydrogen-bond donors (Lipinski definition) is 2. The zero-order chi connectivity index (χ0) is 16.7. The van der Waals surface area contributed by atoms with Crippen molar-refractivity contribution in [3.05, 3.63) is 59.9 Å². The Morgan fingerprint density at radius 3 is 2.52 bits per heavy atom. The fourth-order valence-corrected chi connectivity index (χ4v) is 1.93. The second-order valence-corrected chi connectivity index (χ2v) is 4.67. The predicted molar refractivity (Wildman–Crippen MR) is 85.0 cm³/mol. The van der Waals surface area contributed by atoms with Gasteiger partial charge < -0.3 is 15.4 Å². The van der Waals surface area contributed by atoms with Gasteiger partial charge in [-0.1, -0.05) is 24.3 Å². The standard InChI is InChI=1S/C17H17FN2O3/c1-2-19-17(22)12-7-3-6-10-15(12)23-11-16(21)20-14-9-5-4-8-13(14)18/h3-10H,2,11H2,1H3,(H,19,22)(H,20,21). The van der Waals surface area contributed by atoms with Crippen LogP contribution in [-0.4, -0.2) is 25.0 Å². The van der Waals surface area contributed by atoms with E-state index in [1.807, 2.05) is 6.92 Å². The van der Waals surface area contributed by atoms with Crippen LogP contribution in [0.15, 0.2) is 48.5 Å². The molecule has 0 heterocycles. The molecular formula is C17H17FN2O3. The maximum atomic E-state index is 13.5. The van der Waals surface area contributed by atoms with Crippen molar-refractivity contribution in [1.82, 2.24) is 5.32 Å². The van der Waals surface area contributed by atoms with Crippen molar-refractivity contribution in [1.29, 1.82) is 0 Å². The fraction of sp³-hybridized carbons (Fsp3) is 0.176. The first-order valence-electron chi connectivity index (χ1n) is 7.16. The monoisotopic (exact) mass is 316 g/mol. The van der Waals surface area contributed by atoms with Crippen LogP contribution in [0.3, 0.4) is 0 Å². The molecule has 0 aliphatic rings. The van der Waals surface area contributed by atoms with Gasteiger partial charge in [0.1, 0.15) is 11.6 Å². The van der Waals surface area contributed by atoms with Gasteiger partial charge >= 0.3 is 0 Å². The predicted octanol–water partition coefficient (Wildman–Crippen LogP) is 2.59. The van der Waals surface area contributed by atoms with E-state index in [1.54, 1.807) is 30.3 Å². The maximum Gasteiger partial charge on any atom is 0.262 e. The highest BCUT2D eigenvalue weighted by Gasteiger charge is 2.13. The first kappa shape index (κ1) is 16.5. The number of carbonyl (C=O) groups is 2. The van der Waals surface area contributed by atoms with Gasteiger partial charge in [-0.15, -0.1) is 0 Å². The summed E-state index contributed by atoms with van der Waals surface area (Å²) in [7, 11) is 0. The molecule has 0 radical (unpaired) electrons. The topological polar surface area (TPSA) is 67.4 Å². The lowest BCUT2D eigenvalue weighted by atomic mass is 10.2. The Bertz CT molecular complexity index is 704.